The minimum atomic E-state index is -3.40. The van der Waals surface area contributed by atoms with Crippen LogP contribution in [0.1, 0.15) is 30.4 Å². The van der Waals surface area contributed by atoms with Gasteiger partial charge in [0.15, 0.2) is 15.0 Å². The van der Waals surface area contributed by atoms with Gasteiger partial charge in [-0.3, -0.25) is 9.69 Å². The molecule has 32 heavy (non-hydrogen) atoms. The molecule has 0 atom stereocenters. The van der Waals surface area contributed by atoms with Crippen molar-refractivity contribution in [2.45, 2.75) is 38.0 Å². The number of aromatic nitrogens is 1. The Kier molecular flexibility index (Phi) is 8.03. The van der Waals surface area contributed by atoms with Crippen LogP contribution in [-0.2, 0) is 14.6 Å². The molecule has 2 aromatic carbocycles. The highest BCUT2D eigenvalue weighted by Crippen LogP contribution is 2.32. The van der Waals surface area contributed by atoms with Crippen LogP contribution in [0.3, 0.4) is 0 Å². The van der Waals surface area contributed by atoms with Crippen molar-refractivity contribution < 1.29 is 13.2 Å². The second kappa shape index (κ2) is 10.6. The van der Waals surface area contributed by atoms with Crippen LogP contribution in [0.4, 0.5) is 5.13 Å². The molecule has 0 fully saturated rings. The van der Waals surface area contributed by atoms with Gasteiger partial charge in [0.05, 0.1) is 20.9 Å². The second-order valence-corrected chi connectivity index (χ2v) is 11.4. The molecule has 0 saturated heterocycles. The van der Waals surface area contributed by atoms with Crippen molar-refractivity contribution in [2.24, 2.45) is 0 Å². The van der Waals surface area contributed by atoms with Crippen LogP contribution in [-0.4, -0.2) is 57.1 Å². The Hall–Kier alpha value is -2.29. The Morgan fingerprint density at radius 3 is 2.41 bits per heavy atom. The van der Waals surface area contributed by atoms with E-state index in [0.29, 0.717) is 16.6 Å². The van der Waals surface area contributed by atoms with E-state index in [2.05, 4.69) is 17.9 Å². The van der Waals surface area contributed by atoms with E-state index in [1.54, 1.807) is 35.2 Å². The van der Waals surface area contributed by atoms with E-state index >= 15 is 0 Å². The number of carbonyl (C=O) groups is 1. The normalized spacial score (nSPS) is 11.9. The standard InChI is InChI=1S/C24H31N3O3S2/c1-18-13-14-21-23(19(18)2)25-24(31-21)27(16-9-15-26(3)4)22(28)12-8-17-32(29,30)20-10-6-5-7-11-20/h5-7,10-11,13-14H,8-9,12,15-17H2,1-4H3. The molecular formula is C24H31N3O3S2. The summed E-state index contributed by atoms with van der Waals surface area (Å²) in [4.78, 5) is 22.1. The van der Waals surface area contributed by atoms with E-state index in [-0.39, 0.29) is 24.5 Å². The van der Waals surface area contributed by atoms with Gasteiger partial charge in [-0.1, -0.05) is 35.6 Å². The molecule has 8 heteroatoms. The van der Waals surface area contributed by atoms with Crippen molar-refractivity contribution in [3.63, 3.8) is 0 Å². The number of hydrogen-bond acceptors (Lipinski definition) is 6. The molecule has 0 aliphatic rings. The van der Waals surface area contributed by atoms with Gasteiger partial charge < -0.3 is 4.90 Å². The summed E-state index contributed by atoms with van der Waals surface area (Å²) in [5.41, 5.74) is 3.23. The van der Waals surface area contributed by atoms with E-state index in [0.717, 1.165) is 28.7 Å². The molecule has 6 nitrogen and oxygen atoms in total. The van der Waals surface area contributed by atoms with Crippen LogP contribution in [0, 0.1) is 13.8 Å². The van der Waals surface area contributed by atoms with Gasteiger partial charge in [-0.25, -0.2) is 13.4 Å². The monoisotopic (exact) mass is 473 g/mol. The number of benzene rings is 2. The average molecular weight is 474 g/mol. The van der Waals surface area contributed by atoms with Gasteiger partial charge in [0.25, 0.3) is 0 Å². The number of thiazole rings is 1. The van der Waals surface area contributed by atoms with Crippen molar-refractivity contribution in [3.05, 3.63) is 53.6 Å². The van der Waals surface area contributed by atoms with Crippen LogP contribution < -0.4 is 4.90 Å². The summed E-state index contributed by atoms with van der Waals surface area (Å²) in [5.74, 6) is -0.132. The van der Waals surface area contributed by atoms with Gasteiger partial charge in [0, 0.05) is 13.0 Å². The summed E-state index contributed by atoms with van der Waals surface area (Å²) in [6, 6.07) is 12.5. The minimum absolute atomic E-state index is 0.0492. The Balaban J connectivity index is 1.75. The average Bonchev–Trinajstić information content (AvgIpc) is 3.19. The fraction of sp³-hybridized carbons (Fsp3) is 0.417. The molecule has 0 bridgehead atoms. The summed E-state index contributed by atoms with van der Waals surface area (Å²) in [6.07, 6.45) is 1.26. The summed E-state index contributed by atoms with van der Waals surface area (Å²) in [5, 5.41) is 0.684. The molecule has 0 aliphatic carbocycles. The number of aryl methyl sites for hydroxylation is 2. The van der Waals surface area contributed by atoms with Crippen LogP contribution in [0.15, 0.2) is 47.4 Å². The molecule has 172 valence electrons. The molecule has 0 N–H and O–H groups in total. The lowest BCUT2D eigenvalue weighted by atomic mass is 10.1. The zero-order chi connectivity index (χ0) is 23.3. The van der Waals surface area contributed by atoms with Crippen LogP contribution in [0.2, 0.25) is 0 Å². The van der Waals surface area contributed by atoms with Crippen molar-refractivity contribution in [1.82, 2.24) is 9.88 Å². The quantitative estimate of drug-likeness (QED) is 0.435. The van der Waals surface area contributed by atoms with Crippen molar-refractivity contribution in [2.75, 3.05) is 37.8 Å². The van der Waals surface area contributed by atoms with Crippen molar-refractivity contribution in [3.8, 4) is 0 Å². The lowest BCUT2D eigenvalue weighted by molar-refractivity contribution is -0.118. The summed E-state index contributed by atoms with van der Waals surface area (Å²) in [6.45, 7) is 5.52. The first kappa shape index (κ1) is 24.4. The number of hydrogen-bond donors (Lipinski definition) is 0. The number of sulfone groups is 1. The third kappa shape index (κ3) is 5.94. The fourth-order valence-corrected chi connectivity index (χ4v) is 5.90. The molecule has 0 radical (unpaired) electrons. The maximum Gasteiger partial charge on any atom is 0.228 e. The Morgan fingerprint density at radius 1 is 1.00 bits per heavy atom. The Bertz CT molecular complexity index is 1170. The topological polar surface area (TPSA) is 70.6 Å². The smallest absolute Gasteiger partial charge is 0.228 e. The summed E-state index contributed by atoms with van der Waals surface area (Å²) in [7, 11) is 0.613. The van der Waals surface area contributed by atoms with E-state index in [1.165, 1.54) is 16.9 Å². The fourth-order valence-electron chi connectivity index (χ4n) is 3.50. The van der Waals surface area contributed by atoms with Crippen molar-refractivity contribution in [1.29, 1.82) is 0 Å². The molecule has 0 aliphatic heterocycles. The number of nitrogens with zero attached hydrogens (tertiary/aromatic N) is 3. The van der Waals surface area contributed by atoms with Gasteiger partial charge in [0.2, 0.25) is 5.91 Å². The predicted molar refractivity (Wildman–Crippen MR) is 132 cm³/mol. The molecule has 3 rings (SSSR count). The molecule has 1 aromatic heterocycles. The predicted octanol–water partition coefficient (Wildman–Crippen LogP) is 4.45. The highest BCUT2D eigenvalue weighted by molar-refractivity contribution is 7.91. The van der Waals surface area contributed by atoms with Gasteiger partial charge >= 0.3 is 0 Å². The maximum atomic E-state index is 13.2. The number of carbonyl (C=O) groups excluding carboxylic acids is 1. The summed E-state index contributed by atoms with van der Waals surface area (Å²) < 4.78 is 26.1. The van der Waals surface area contributed by atoms with E-state index < -0.39 is 9.84 Å². The van der Waals surface area contributed by atoms with E-state index in [1.807, 2.05) is 27.1 Å². The van der Waals surface area contributed by atoms with E-state index in [9.17, 15) is 13.2 Å². The first-order valence-electron chi connectivity index (χ1n) is 10.8. The third-order valence-electron chi connectivity index (χ3n) is 5.50. The minimum Gasteiger partial charge on any atom is -0.309 e. The largest absolute Gasteiger partial charge is 0.309 e. The number of rotatable bonds is 10. The lowest BCUT2D eigenvalue weighted by Gasteiger charge is -2.21. The highest BCUT2D eigenvalue weighted by atomic mass is 32.2. The number of fused-ring (bicyclic) bond motifs is 1. The molecule has 0 saturated carbocycles. The lowest BCUT2D eigenvalue weighted by Crippen LogP contribution is -2.33. The number of anilines is 1. The second-order valence-electron chi connectivity index (χ2n) is 8.29. The number of amides is 1. The first-order valence-corrected chi connectivity index (χ1v) is 13.3. The molecule has 0 spiro atoms. The Labute approximate surface area is 194 Å². The molecule has 1 heterocycles. The Morgan fingerprint density at radius 2 is 1.72 bits per heavy atom. The molecule has 0 unspecified atom stereocenters. The van der Waals surface area contributed by atoms with Crippen LogP contribution >= 0.6 is 11.3 Å². The van der Waals surface area contributed by atoms with Gasteiger partial charge in [-0.05, 0) is 76.7 Å². The highest BCUT2D eigenvalue weighted by Gasteiger charge is 2.22. The van der Waals surface area contributed by atoms with Gasteiger partial charge in [-0.15, -0.1) is 0 Å². The van der Waals surface area contributed by atoms with E-state index in [4.69, 9.17) is 4.98 Å². The third-order valence-corrected chi connectivity index (χ3v) is 8.36. The maximum absolute atomic E-state index is 13.2. The molecule has 1 amide bonds. The van der Waals surface area contributed by atoms with Gasteiger partial charge in [0.1, 0.15) is 0 Å². The SMILES string of the molecule is Cc1ccc2sc(N(CCCN(C)C)C(=O)CCCS(=O)(=O)c3ccccc3)nc2c1C. The van der Waals surface area contributed by atoms with Gasteiger partial charge in [-0.2, -0.15) is 0 Å². The molecule has 3 aromatic rings. The van der Waals surface area contributed by atoms with Crippen molar-refractivity contribution >= 4 is 42.4 Å². The summed E-state index contributed by atoms with van der Waals surface area (Å²) >= 11 is 1.51. The van der Waals surface area contributed by atoms with Crippen LogP contribution in [0.5, 0.6) is 0 Å². The molecular weight excluding hydrogens is 442 g/mol. The zero-order valence-corrected chi connectivity index (χ0v) is 20.8. The zero-order valence-electron chi connectivity index (χ0n) is 19.2. The van der Waals surface area contributed by atoms with Crippen LogP contribution in [0.25, 0.3) is 10.2 Å². The first-order chi connectivity index (χ1) is 15.2.